The summed E-state index contributed by atoms with van der Waals surface area (Å²) in [5, 5.41) is 21.5. The molecule has 0 aliphatic heterocycles. The van der Waals surface area contributed by atoms with Crippen molar-refractivity contribution in [2.75, 3.05) is 7.11 Å². The Balaban J connectivity index is 1.63. The average Bonchev–Trinajstić information content (AvgIpc) is 2.92. The normalized spacial score (nSPS) is 55.0. The van der Waals surface area contributed by atoms with E-state index >= 15 is 0 Å². The van der Waals surface area contributed by atoms with Gasteiger partial charge in [-0.05, 0) is 80.0 Å². The van der Waals surface area contributed by atoms with Crippen LogP contribution in [0, 0.1) is 34.5 Å². The summed E-state index contributed by atoms with van der Waals surface area (Å²) in [7, 11) is 1.51. The lowest BCUT2D eigenvalue weighted by Crippen LogP contribution is -2.63. The Kier molecular flexibility index (Phi) is 4.05. The van der Waals surface area contributed by atoms with E-state index in [2.05, 4.69) is 13.8 Å². The third kappa shape index (κ3) is 2.29. The number of ether oxygens (including phenoxy) is 1. The summed E-state index contributed by atoms with van der Waals surface area (Å²) in [6.07, 6.45) is 8.01. The molecule has 2 N–H and O–H groups in total. The van der Waals surface area contributed by atoms with E-state index < -0.39 is 5.60 Å². The van der Waals surface area contributed by atoms with Crippen LogP contribution in [0.2, 0.25) is 0 Å². The molecule has 4 heteroatoms. The van der Waals surface area contributed by atoms with Gasteiger partial charge >= 0.3 is 5.97 Å². The highest BCUT2D eigenvalue weighted by atomic mass is 16.5. The van der Waals surface area contributed by atoms with Crippen LogP contribution in [0.4, 0.5) is 0 Å². The van der Waals surface area contributed by atoms with Crippen molar-refractivity contribution in [1.29, 1.82) is 0 Å². The second-order valence-corrected chi connectivity index (χ2v) is 9.96. The number of esters is 1. The Morgan fingerprint density at radius 3 is 2.48 bits per heavy atom. The molecule has 25 heavy (non-hydrogen) atoms. The van der Waals surface area contributed by atoms with E-state index in [1.807, 2.05) is 0 Å². The first-order valence-electron chi connectivity index (χ1n) is 10.2. The van der Waals surface area contributed by atoms with Crippen LogP contribution in [0.5, 0.6) is 0 Å². The van der Waals surface area contributed by atoms with Gasteiger partial charge in [0.05, 0.1) is 24.7 Å². The van der Waals surface area contributed by atoms with Gasteiger partial charge in [-0.25, -0.2) is 0 Å². The van der Waals surface area contributed by atoms with Gasteiger partial charge in [0, 0.05) is 6.42 Å². The van der Waals surface area contributed by atoms with Crippen LogP contribution in [0.25, 0.3) is 0 Å². The van der Waals surface area contributed by atoms with Crippen LogP contribution in [0.1, 0.15) is 71.6 Å². The molecule has 0 bridgehead atoms. The predicted octanol–water partition coefficient (Wildman–Crippen LogP) is 3.29. The highest BCUT2D eigenvalue weighted by Gasteiger charge is 2.65. The lowest BCUT2D eigenvalue weighted by Gasteiger charge is -2.63. The third-order valence-electron chi connectivity index (χ3n) is 9.27. The maximum absolute atomic E-state index is 12.3. The minimum Gasteiger partial charge on any atom is -0.469 e. The van der Waals surface area contributed by atoms with Crippen LogP contribution >= 0.6 is 0 Å². The highest BCUT2D eigenvalue weighted by molar-refractivity contribution is 5.73. The fourth-order valence-electron chi connectivity index (χ4n) is 7.76. The predicted molar refractivity (Wildman–Crippen MR) is 94.7 cm³/mol. The molecule has 0 saturated heterocycles. The van der Waals surface area contributed by atoms with E-state index in [0.717, 1.165) is 51.4 Å². The molecule has 3 unspecified atom stereocenters. The summed E-state index contributed by atoms with van der Waals surface area (Å²) < 4.78 is 5.11. The maximum Gasteiger partial charge on any atom is 0.309 e. The quantitative estimate of drug-likeness (QED) is 0.712. The number of carbonyl (C=O) groups is 1. The van der Waals surface area contributed by atoms with Crippen LogP contribution in [-0.4, -0.2) is 35.0 Å². The topological polar surface area (TPSA) is 66.8 Å². The lowest BCUT2D eigenvalue weighted by molar-refractivity contribution is -0.220. The fourth-order valence-corrected chi connectivity index (χ4v) is 7.76. The third-order valence-corrected chi connectivity index (χ3v) is 9.27. The second kappa shape index (κ2) is 5.69. The molecular formula is C21H34O4. The summed E-state index contributed by atoms with van der Waals surface area (Å²) in [6.45, 7) is 4.60. The van der Waals surface area contributed by atoms with Gasteiger partial charge in [0.15, 0.2) is 0 Å². The molecule has 0 amide bonds. The standard InChI is InChI=1S/C21H34O4/c1-19-9-8-16-14(15(19)4-5-17(19)18(23)25-3)7-11-21(24)12-13(22)6-10-20(16,21)2/h13-17,22,24H,4-12H2,1-3H3/t13?,14-,15-,16-,17?,19-,20+,21?/m0/s1. The van der Waals surface area contributed by atoms with E-state index in [-0.39, 0.29) is 28.8 Å². The van der Waals surface area contributed by atoms with Crippen molar-refractivity contribution in [2.24, 2.45) is 34.5 Å². The number of hydrogen-bond acceptors (Lipinski definition) is 4. The minimum absolute atomic E-state index is 0.0252. The molecule has 8 atom stereocenters. The van der Waals surface area contributed by atoms with Crippen molar-refractivity contribution in [1.82, 2.24) is 0 Å². The van der Waals surface area contributed by atoms with E-state index in [1.54, 1.807) is 0 Å². The molecule has 0 aromatic rings. The van der Waals surface area contributed by atoms with Gasteiger partial charge in [-0.15, -0.1) is 0 Å². The molecular weight excluding hydrogens is 316 g/mol. The zero-order chi connectivity index (χ0) is 18.0. The molecule has 4 aliphatic rings. The van der Waals surface area contributed by atoms with Crippen LogP contribution in [-0.2, 0) is 9.53 Å². The van der Waals surface area contributed by atoms with E-state index in [4.69, 9.17) is 4.74 Å². The first kappa shape index (κ1) is 17.8. The van der Waals surface area contributed by atoms with Gasteiger partial charge in [-0.1, -0.05) is 13.8 Å². The number of rotatable bonds is 1. The lowest BCUT2D eigenvalue weighted by atomic mass is 9.43. The molecule has 142 valence electrons. The Bertz CT molecular complexity index is 562. The SMILES string of the molecule is COC(=O)C1CC[C@H]2[C@@H]3CCC4(O)CC(O)CC[C@]4(C)[C@H]3CC[C@]12C. The second-order valence-electron chi connectivity index (χ2n) is 9.96. The van der Waals surface area contributed by atoms with Gasteiger partial charge in [-0.2, -0.15) is 0 Å². The molecule has 0 heterocycles. The van der Waals surface area contributed by atoms with Crippen molar-refractivity contribution in [3.63, 3.8) is 0 Å². The highest BCUT2D eigenvalue weighted by Crippen LogP contribution is 2.68. The Morgan fingerprint density at radius 1 is 1.00 bits per heavy atom. The molecule has 4 saturated carbocycles. The van der Waals surface area contributed by atoms with Crippen molar-refractivity contribution in [2.45, 2.75) is 83.3 Å². The zero-order valence-corrected chi connectivity index (χ0v) is 16.0. The van der Waals surface area contributed by atoms with Gasteiger partial charge in [0.25, 0.3) is 0 Å². The summed E-state index contributed by atoms with van der Waals surface area (Å²) in [5.74, 6) is 1.72. The largest absolute Gasteiger partial charge is 0.469 e. The van der Waals surface area contributed by atoms with E-state index in [1.165, 1.54) is 7.11 Å². The summed E-state index contributed by atoms with van der Waals surface area (Å²) in [5.41, 5.74) is -0.728. The number of aliphatic hydroxyl groups is 2. The number of hydrogen-bond donors (Lipinski definition) is 2. The molecule has 4 rings (SSSR count). The first-order valence-corrected chi connectivity index (χ1v) is 10.2. The molecule has 0 aromatic carbocycles. The van der Waals surface area contributed by atoms with Crippen molar-refractivity contribution in [3.05, 3.63) is 0 Å². The van der Waals surface area contributed by atoms with E-state index in [9.17, 15) is 15.0 Å². The number of fused-ring (bicyclic) bond motifs is 5. The fraction of sp³-hybridized carbons (Fsp3) is 0.952. The monoisotopic (exact) mass is 350 g/mol. The molecule has 4 aliphatic carbocycles. The minimum atomic E-state index is -0.708. The molecule has 4 nitrogen and oxygen atoms in total. The summed E-state index contributed by atoms with van der Waals surface area (Å²) in [6, 6.07) is 0. The van der Waals surface area contributed by atoms with Crippen LogP contribution in [0.3, 0.4) is 0 Å². The van der Waals surface area contributed by atoms with Crippen molar-refractivity contribution in [3.8, 4) is 0 Å². The van der Waals surface area contributed by atoms with Crippen LogP contribution in [0.15, 0.2) is 0 Å². The van der Waals surface area contributed by atoms with Crippen molar-refractivity contribution >= 4 is 5.97 Å². The van der Waals surface area contributed by atoms with Gasteiger partial charge in [-0.3, -0.25) is 4.79 Å². The molecule has 0 radical (unpaired) electrons. The average molecular weight is 350 g/mol. The Morgan fingerprint density at radius 2 is 1.76 bits per heavy atom. The van der Waals surface area contributed by atoms with Crippen molar-refractivity contribution < 1.29 is 19.7 Å². The zero-order valence-electron chi connectivity index (χ0n) is 16.0. The molecule has 4 fully saturated rings. The van der Waals surface area contributed by atoms with Gasteiger partial charge in [0.2, 0.25) is 0 Å². The first-order chi connectivity index (χ1) is 11.7. The smallest absolute Gasteiger partial charge is 0.309 e. The summed E-state index contributed by atoms with van der Waals surface area (Å²) in [4.78, 5) is 12.3. The summed E-state index contributed by atoms with van der Waals surface area (Å²) >= 11 is 0. The number of aliphatic hydroxyl groups excluding tert-OH is 1. The number of methoxy groups -OCH3 is 1. The number of carbonyl (C=O) groups excluding carboxylic acids is 1. The van der Waals surface area contributed by atoms with Gasteiger partial charge < -0.3 is 14.9 Å². The maximum atomic E-state index is 12.3. The molecule has 0 spiro atoms. The Hall–Kier alpha value is -0.610. The van der Waals surface area contributed by atoms with Crippen LogP contribution < -0.4 is 0 Å². The molecule has 0 aromatic heterocycles. The van der Waals surface area contributed by atoms with Gasteiger partial charge in [0.1, 0.15) is 0 Å². The Labute approximate surface area is 151 Å². The van der Waals surface area contributed by atoms with E-state index in [0.29, 0.717) is 24.2 Å².